The van der Waals surface area contributed by atoms with Crippen molar-refractivity contribution in [2.75, 3.05) is 18.0 Å². The van der Waals surface area contributed by atoms with Crippen LogP contribution in [0, 0.1) is 12.3 Å². The molecular weight excluding hydrogens is 398 g/mol. The minimum absolute atomic E-state index is 0.0474. The quantitative estimate of drug-likeness (QED) is 0.538. The number of aromatic nitrogens is 4. The van der Waals surface area contributed by atoms with Crippen LogP contribution in [0.4, 0.5) is 5.82 Å². The van der Waals surface area contributed by atoms with E-state index in [4.69, 9.17) is 4.98 Å². The van der Waals surface area contributed by atoms with Crippen molar-refractivity contribution in [3.05, 3.63) is 77.4 Å². The van der Waals surface area contributed by atoms with Crippen LogP contribution in [0.15, 0.2) is 54.9 Å². The highest BCUT2D eigenvalue weighted by molar-refractivity contribution is 5.78. The Labute approximate surface area is 187 Å². The lowest BCUT2D eigenvalue weighted by molar-refractivity contribution is 0.231. The van der Waals surface area contributed by atoms with Gasteiger partial charge in [0.05, 0.1) is 24.2 Å². The highest BCUT2D eigenvalue weighted by Crippen LogP contribution is 2.45. The van der Waals surface area contributed by atoms with Crippen LogP contribution in [0.1, 0.15) is 35.4 Å². The first-order valence-corrected chi connectivity index (χ1v) is 11.4. The number of hydrogen-bond acceptors (Lipinski definition) is 5. The number of pyridine rings is 1. The van der Waals surface area contributed by atoms with Gasteiger partial charge in [0.2, 0.25) is 0 Å². The van der Waals surface area contributed by atoms with E-state index in [1.807, 2.05) is 28.9 Å². The van der Waals surface area contributed by atoms with Crippen LogP contribution in [-0.4, -0.2) is 37.8 Å². The minimum Gasteiger partial charge on any atom is -0.392 e. The summed E-state index contributed by atoms with van der Waals surface area (Å²) in [7, 11) is 0. The average molecular weight is 426 g/mol. The van der Waals surface area contributed by atoms with Gasteiger partial charge in [0.15, 0.2) is 5.82 Å². The summed E-state index contributed by atoms with van der Waals surface area (Å²) in [6.07, 6.45) is 8.16. The van der Waals surface area contributed by atoms with Gasteiger partial charge in [-0.05, 0) is 49.7 Å². The number of aryl methyl sites for hydroxylation is 1. The van der Waals surface area contributed by atoms with Crippen LogP contribution in [0.2, 0.25) is 0 Å². The molecule has 4 aromatic rings. The van der Waals surface area contributed by atoms with Crippen LogP contribution < -0.4 is 4.90 Å². The predicted molar refractivity (Wildman–Crippen MR) is 125 cm³/mol. The molecule has 162 valence electrons. The lowest BCUT2D eigenvalue weighted by atomic mass is 9.76. The maximum Gasteiger partial charge on any atom is 0.155 e. The first-order chi connectivity index (χ1) is 15.7. The first-order valence-electron chi connectivity index (χ1n) is 11.4. The lowest BCUT2D eigenvalue weighted by Gasteiger charge is -2.40. The second-order valence-electron chi connectivity index (χ2n) is 9.27. The van der Waals surface area contributed by atoms with Crippen molar-refractivity contribution >= 4 is 11.3 Å². The van der Waals surface area contributed by atoms with E-state index in [1.165, 1.54) is 11.3 Å². The Bertz CT molecular complexity index is 1260. The number of anilines is 1. The molecule has 1 saturated heterocycles. The Morgan fingerprint density at radius 1 is 1.03 bits per heavy atom. The smallest absolute Gasteiger partial charge is 0.155 e. The van der Waals surface area contributed by atoms with E-state index in [9.17, 15) is 5.11 Å². The molecule has 1 N–H and O–H groups in total. The molecule has 32 heavy (non-hydrogen) atoms. The van der Waals surface area contributed by atoms with Crippen LogP contribution in [0.25, 0.3) is 16.8 Å². The highest BCUT2D eigenvalue weighted by atomic mass is 16.3. The topological polar surface area (TPSA) is 66.5 Å². The van der Waals surface area contributed by atoms with Gasteiger partial charge in [-0.25, -0.2) is 9.50 Å². The molecular formula is C26H27N5O. The van der Waals surface area contributed by atoms with Gasteiger partial charge in [-0.3, -0.25) is 4.98 Å². The second-order valence-corrected chi connectivity index (χ2v) is 9.27. The van der Waals surface area contributed by atoms with Crippen molar-refractivity contribution in [1.82, 2.24) is 19.6 Å². The van der Waals surface area contributed by atoms with Crippen molar-refractivity contribution < 1.29 is 5.11 Å². The average Bonchev–Trinajstić information content (AvgIpc) is 3.41. The van der Waals surface area contributed by atoms with Crippen LogP contribution >= 0.6 is 0 Å². The zero-order valence-corrected chi connectivity index (χ0v) is 18.3. The number of aliphatic hydroxyl groups excluding tert-OH is 1. The fourth-order valence-corrected chi connectivity index (χ4v) is 5.63. The summed E-state index contributed by atoms with van der Waals surface area (Å²) in [6, 6.07) is 14.5. The third-order valence-electron chi connectivity index (χ3n) is 7.32. The molecule has 0 unspecified atom stereocenters. The normalized spacial score (nSPS) is 17.2. The van der Waals surface area contributed by atoms with Crippen molar-refractivity contribution in [3.8, 4) is 11.3 Å². The number of piperidine rings is 1. The van der Waals surface area contributed by atoms with E-state index in [0.29, 0.717) is 5.41 Å². The molecule has 4 heterocycles. The molecule has 6 heteroatoms. The van der Waals surface area contributed by atoms with Crippen molar-refractivity contribution in [2.24, 2.45) is 5.41 Å². The summed E-state index contributed by atoms with van der Waals surface area (Å²) in [4.78, 5) is 12.1. The van der Waals surface area contributed by atoms with Crippen molar-refractivity contribution in [2.45, 2.75) is 39.2 Å². The van der Waals surface area contributed by atoms with Gasteiger partial charge in [-0.1, -0.05) is 36.4 Å². The largest absolute Gasteiger partial charge is 0.392 e. The van der Waals surface area contributed by atoms with Crippen LogP contribution in [0.3, 0.4) is 0 Å². The molecule has 0 atom stereocenters. The van der Waals surface area contributed by atoms with E-state index in [-0.39, 0.29) is 6.61 Å². The summed E-state index contributed by atoms with van der Waals surface area (Å²) in [6.45, 7) is 3.91. The Kier molecular flexibility index (Phi) is 4.50. The summed E-state index contributed by atoms with van der Waals surface area (Å²) < 4.78 is 1.97. The van der Waals surface area contributed by atoms with Gasteiger partial charge in [0.1, 0.15) is 5.52 Å². The SMILES string of the molecule is Cc1nc(N2CCC3(CC2)Cc2cccnc2C3)c2c(CO)cnn2c1-c1ccccc1. The van der Waals surface area contributed by atoms with Gasteiger partial charge in [0.25, 0.3) is 0 Å². The van der Waals surface area contributed by atoms with Crippen LogP contribution in [-0.2, 0) is 19.4 Å². The summed E-state index contributed by atoms with van der Waals surface area (Å²) >= 11 is 0. The molecule has 3 aromatic heterocycles. The van der Waals surface area contributed by atoms with E-state index in [0.717, 1.165) is 72.6 Å². The summed E-state index contributed by atoms with van der Waals surface area (Å²) in [5.41, 5.74) is 7.77. The Hall–Kier alpha value is -3.25. The zero-order valence-electron chi connectivity index (χ0n) is 18.3. The molecule has 0 radical (unpaired) electrons. The Morgan fingerprint density at radius 2 is 1.84 bits per heavy atom. The summed E-state index contributed by atoms with van der Waals surface area (Å²) in [5, 5.41) is 14.7. The van der Waals surface area contributed by atoms with E-state index in [1.54, 1.807) is 6.20 Å². The van der Waals surface area contributed by atoms with Crippen molar-refractivity contribution in [3.63, 3.8) is 0 Å². The number of benzene rings is 1. The highest BCUT2D eigenvalue weighted by Gasteiger charge is 2.41. The number of nitrogens with zero attached hydrogens (tertiary/aromatic N) is 5. The predicted octanol–water partition coefficient (Wildman–Crippen LogP) is 3.98. The Balaban J connectivity index is 1.36. The molecule has 1 aliphatic carbocycles. The first kappa shape index (κ1) is 19.4. The third-order valence-corrected chi connectivity index (χ3v) is 7.32. The third kappa shape index (κ3) is 3.01. The number of aliphatic hydroxyl groups is 1. The van der Waals surface area contributed by atoms with E-state index < -0.39 is 0 Å². The minimum atomic E-state index is -0.0474. The maximum absolute atomic E-state index is 10.0. The molecule has 2 aliphatic rings. The second kappa shape index (κ2) is 7.41. The molecule has 1 aromatic carbocycles. The summed E-state index contributed by atoms with van der Waals surface area (Å²) in [5.74, 6) is 0.937. The molecule has 1 fully saturated rings. The van der Waals surface area contributed by atoms with Crippen molar-refractivity contribution in [1.29, 1.82) is 0 Å². The van der Waals surface area contributed by atoms with Gasteiger partial charge < -0.3 is 10.0 Å². The number of hydrogen-bond donors (Lipinski definition) is 1. The lowest BCUT2D eigenvalue weighted by Crippen LogP contribution is -2.41. The number of fused-ring (bicyclic) bond motifs is 2. The van der Waals surface area contributed by atoms with Gasteiger partial charge in [0, 0.05) is 36.1 Å². The maximum atomic E-state index is 10.0. The Morgan fingerprint density at radius 3 is 2.59 bits per heavy atom. The molecule has 1 aliphatic heterocycles. The molecule has 0 amide bonds. The van der Waals surface area contributed by atoms with Gasteiger partial charge in [-0.2, -0.15) is 5.10 Å². The van der Waals surface area contributed by atoms with Gasteiger partial charge >= 0.3 is 0 Å². The molecule has 6 rings (SSSR count). The number of rotatable bonds is 3. The molecule has 1 spiro atoms. The molecule has 0 bridgehead atoms. The van der Waals surface area contributed by atoms with E-state index in [2.05, 4.69) is 46.2 Å². The monoisotopic (exact) mass is 425 g/mol. The van der Waals surface area contributed by atoms with Gasteiger partial charge in [-0.15, -0.1) is 0 Å². The standard InChI is InChI=1S/C26H27N5O/c1-18-23(19-6-3-2-4-7-19)31-24(21(17-32)16-28-31)25(29-18)30-12-9-26(10-13-30)14-20-8-5-11-27-22(20)15-26/h2-8,11,16,32H,9-10,12-15,17H2,1H3. The zero-order chi connectivity index (χ0) is 21.7. The molecule has 0 saturated carbocycles. The van der Waals surface area contributed by atoms with Crippen LogP contribution in [0.5, 0.6) is 0 Å². The molecule has 6 nitrogen and oxygen atoms in total. The fourth-order valence-electron chi connectivity index (χ4n) is 5.63. The van der Waals surface area contributed by atoms with E-state index >= 15 is 0 Å². The fraction of sp³-hybridized carbons (Fsp3) is 0.346.